The highest BCUT2D eigenvalue weighted by molar-refractivity contribution is 6.35. The molecule has 6 nitrogen and oxygen atoms in total. The topological polar surface area (TPSA) is 29.6 Å². The summed E-state index contributed by atoms with van der Waals surface area (Å²) in [6, 6.07) is 160. The molecule has 6 heterocycles. The van der Waals surface area contributed by atoms with Crippen LogP contribution in [0.4, 0.5) is 0 Å². The molecule has 0 N–H and O–H groups in total. The van der Waals surface area contributed by atoms with E-state index >= 15 is 0 Å². The van der Waals surface area contributed by atoms with Gasteiger partial charge >= 0.3 is 0 Å². The molecule has 582 valence electrons. The second-order valence-electron chi connectivity index (χ2n) is 34.0. The van der Waals surface area contributed by atoms with Gasteiger partial charge in [0, 0.05) is 98.2 Å². The van der Waals surface area contributed by atoms with Crippen LogP contribution in [0, 0.1) is 0 Å². The first-order chi connectivity index (χ1) is 62.6. The highest BCUT2D eigenvalue weighted by Gasteiger charge is 2.28. The van der Waals surface area contributed by atoms with E-state index in [4.69, 9.17) is 0 Å². The Morgan fingerprint density at radius 3 is 0.698 bits per heavy atom. The fourth-order valence-corrected chi connectivity index (χ4v) is 22.6. The fraction of sp³-hybridized carbons (Fsp3) is 0. The Kier molecular flexibility index (Phi) is 14.4. The van der Waals surface area contributed by atoms with Crippen molar-refractivity contribution in [3.63, 3.8) is 0 Å². The Balaban J connectivity index is 0.0000000961. The molecule has 24 aromatic carbocycles. The predicted molar refractivity (Wildman–Crippen MR) is 536 cm³/mol. The summed E-state index contributed by atoms with van der Waals surface area (Å²) < 4.78 is 14.7. The van der Waals surface area contributed by atoms with Crippen LogP contribution >= 0.6 is 0 Å². The van der Waals surface area contributed by atoms with E-state index in [1.54, 1.807) is 0 Å². The van der Waals surface area contributed by atoms with E-state index in [0.717, 1.165) is 0 Å². The van der Waals surface area contributed by atoms with Crippen molar-refractivity contribution in [3.05, 3.63) is 437 Å². The van der Waals surface area contributed by atoms with Gasteiger partial charge in [0.1, 0.15) is 0 Å². The Labute approximate surface area is 721 Å². The molecule has 0 aliphatic rings. The quantitative estimate of drug-likeness (QED) is 0.149. The van der Waals surface area contributed by atoms with Gasteiger partial charge in [-0.1, -0.05) is 303 Å². The molecule has 0 radical (unpaired) electrons. The van der Waals surface area contributed by atoms with Gasteiger partial charge in [0.25, 0.3) is 0 Å². The summed E-state index contributed by atoms with van der Waals surface area (Å²) >= 11 is 0. The molecule has 0 saturated heterocycles. The van der Waals surface area contributed by atoms with E-state index in [0.29, 0.717) is 0 Å². The number of aromatic nitrogens is 6. The second kappa shape index (κ2) is 26.4. The average Bonchev–Trinajstić information content (AvgIpc) is 1.53. The van der Waals surface area contributed by atoms with Crippen molar-refractivity contribution in [1.29, 1.82) is 0 Å². The molecule has 30 rings (SSSR count). The summed E-state index contributed by atoms with van der Waals surface area (Å²) in [4.78, 5) is 0. The lowest BCUT2D eigenvalue weighted by Crippen LogP contribution is -1.97. The smallest absolute Gasteiger partial charge is 0.0549 e. The van der Waals surface area contributed by atoms with Crippen LogP contribution in [0.15, 0.2) is 437 Å². The number of nitrogens with zero attached hydrogens (tertiary/aromatic N) is 6. The van der Waals surface area contributed by atoms with E-state index < -0.39 is 0 Å². The molecule has 6 heteroatoms. The maximum Gasteiger partial charge on any atom is 0.0549 e. The van der Waals surface area contributed by atoms with E-state index in [1.165, 1.54) is 262 Å². The fourth-order valence-electron chi connectivity index (χ4n) is 22.6. The largest absolute Gasteiger partial charge is 0.309 e. The standard InChI is InChI=1S/3C40H24N2/c1-2-13-28(14-3-1)41-32-18-6-4-15-29(32)39-34(41)22-23-35-40(39)30-16-5-7-19-33(30)42(35)36-24-27-12-8-10-25-20-21-26-11-9-17-31(36)38(26)37(25)27;1-2-11-29(12-3-1)41-33-15-6-4-13-31(33)39-35(41)21-22-36-40(39)32-14-5-7-16-34(32)42(36)30-23-27-19-17-25-9-8-10-26-18-20-28(24-30)38(27)37(25)26;1-2-11-28(12-3-1)41-32-15-6-4-13-29(32)39-35(41)23-24-36-40(39)30-14-5-7-16-33(30)42(36)34-22-20-27-18-17-25-9-8-10-26-19-21-31(34)38(27)37(25)26/h3*1-24H. The number of rotatable bonds is 6. The lowest BCUT2D eigenvalue weighted by atomic mass is 9.93. The van der Waals surface area contributed by atoms with Gasteiger partial charge in [-0.2, -0.15) is 0 Å². The number of benzene rings is 24. The molecule has 30 aromatic rings. The third-order valence-electron chi connectivity index (χ3n) is 27.6. The van der Waals surface area contributed by atoms with Crippen LogP contribution < -0.4 is 0 Å². The molecule has 126 heavy (non-hydrogen) atoms. The highest BCUT2D eigenvalue weighted by Crippen LogP contribution is 2.50. The summed E-state index contributed by atoms with van der Waals surface area (Å²) in [7, 11) is 0. The minimum Gasteiger partial charge on any atom is -0.309 e. The van der Waals surface area contributed by atoms with Gasteiger partial charge in [0.15, 0.2) is 0 Å². The molecule has 0 aliphatic carbocycles. The number of hydrogen-bond acceptors (Lipinski definition) is 0. The monoisotopic (exact) mass is 1600 g/mol. The van der Waals surface area contributed by atoms with Crippen molar-refractivity contribution in [3.8, 4) is 34.1 Å². The second-order valence-corrected chi connectivity index (χ2v) is 34.0. The van der Waals surface area contributed by atoms with Gasteiger partial charge in [-0.25, -0.2) is 0 Å². The zero-order valence-corrected chi connectivity index (χ0v) is 68.3. The molecule has 0 aliphatic heterocycles. The first-order valence-corrected chi connectivity index (χ1v) is 43.6. The number of para-hydroxylation sites is 9. The van der Waals surface area contributed by atoms with Crippen LogP contribution in [0.25, 0.3) is 262 Å². The van der Waals surface area contributed by atoms with Gasteiger partial charge in [-0.3, -0.25) is 0 Å². The zero-order chi connectivity index (χ0) is 82.1. The number of fused-ring (bicyclic) bond motifs is 21. The summed E-state index contributed by atoms with van der Waals surface area (Å²) in [6.07, 6.45) is 0. The van der Waals surface area contributed by atoms with E-state index in [1.807, 2.05) is 0 Å². The van der Waals surface area contributed by atoms with Crippen molar-refractivity contribution in [1.82, 2.24) is 27.4 Å². The van der Waals surface area contributed by atoms with Gasteiger partial charge in [0.05, 0.1) is 77.6 Å². The molecule has 0 atom stereocenters. The first kappa shape index (κ1) is 68.9. The third kappa shape index (κ3) is 9.64. The van der Waals surface area contributed by atoms with Crippen molar-refractivity contribution < 1.29 is 0 Å². The summed E-state index contributed by atoms with van der Waals surface area (Å²) in [5.41, 5.74) is 21.9. The van der Waals surface area contributed by atoms with Crippen molar-refractivity contribution in [2.24, 2.45) is 0 Å². The minimum atomic E-state index is 1.18. The lowest BCUT2D eigenvalue weighted by Gasteiger charge is -2.17. The van der Waals surface area contributed by atoms with Crippen molar-refractivity contribution in [2.45, 2.75) is 0 Å². The average molecular weight is 1600 g/mol. The molecule has 0 spiro atoms. The van der Waals surface area contributed by atoms with Crippen LogP contribution in [0.5, 0.6) is 0 Å². The predicted octanol–water partition coefficient (Wildman–Crippen LogP) is 32.3. The summed E-state index contributed by atoms with van der Waals surface area (Å²) in [5, 5.41) is 39.0. The van der Waals surface area contributed by atoms with Crippen LogP contribution in [0.1, 0.15) is 0 Å². The normalized spacial score (nSPS) is 12.3. The van der Waals surface area contributed by atoms with Crippen LogP contribution in [-0.4, -0.2) is 27.4 Å². The molecule has 0 saturated carbocycles. The number of hydrogen-bond donors (Lipinski definition) is 0. The van der Waals surface area contributed by atoms with E-state index in [-0.39, 0.29) is 0 Å². The molecule has 0 fully saturated rings. The highest BCUT2D eigenvalue weighted by atomic mass is 15.0. The summed E-state index contributed by atoms with van der Waals surface area (Å²) in [5.74, 6) is 0. The summed E-state index contributed by atoms with van der Waals surface area (Å²) in [6.45, 7) is 0. The molecule has 0 amide bonds. The Morgan fingerprint density at radius 1 is 0.103 bits per heavy atom. The molecule has 0 unspecified atom stereocenters. The first-order valence-electron chi connectivity index (χ1n) is 43.6. The Morgan fingerprint density at radius 2 is 0.325 bits per heavy atom. The molecular weight excluding hydrogens is 1530 g/mol. The minimum absolute atomic E-state index is 1.18. The van der Waals surface area contributed by atoms with Gasteiger partial charge in [0.2, 0.25) is 0 Å². The van der Waals surface area contributed by atoms with Crippen LogP contribution in [-0.2, 0) is 0 Å². The maximum absolute atomic E-state index is 2.50. The molecule has 0 bridgehead atoms. The Bertz CT molecular complexity index is 9660. The Hall–Kier alpha value is -16.8. The van der Waals surface area contributed by atoms with Crippen molar-refractivity contribution >= 4 is 228 Å². The van der Waals surface area contributed by atoms with E-state index in [9.17, 15) is 0 Å². The van der Waals surface area contributed by atoms with Crippen LogP contribution in [0.2, 0.25) is 0 Å². The molecular formula is C120H72N6. The zero-order valence-electron chi connectivity index (χ0n) is 68.3. The van der Waals surface area contributed by atoms with Crippen molar-refractivity contribution in [2.75, 3.05) is 0 Å². The lowest BCUT2D eigenvalue weighted by molar-refractivity contribution is 1.17. The van der Waals surface area contributed by atoms with Crippen LogP contribution in [0.3, 0.4) is 0 Å². The third-order valence-corrected chi connectivity index (χ3v) is 27.6. The maximum atomic E-state index is 2.50. The van der Waals surface area contributed by atoms with E-state index in [2.05, 4.69) is 464 Å². The SMILES string of the molecule is c1ccc(-n2c3ccccc3c3c4c5ccccc5n(-c5cc6ccc7cccc8ccc(c5)c6c78)c4ccc32)cc1.c1ccc(-n2c3ccccc3c3c4c5ccccc5n(-c5cc6cccc7ccc8cccc5c8c76)c4ccc32)cc1.c1ccc(-n2c3ccccc3c3c4c5ccccc5n(-c5ccc6ccc7cccc8ccc5c6c78)c4ccc32)cc1. The molecule has 6 aromatic heterocycles. The van der Waals surface area contributed by atoms with Gasteiger partial charge < -0.3 is 27.4 Å². The van der Waals surface area contributed by atoms with Gasteiger partial charge in [-0.05, 0) is 220 Å². The van der Waals surface area contributed by atoms with Gasteiger partial charge in [-0.15, -0.1) is 0 Å².